The number of piperidine rings is 1. The van der Waals surface area contributed by atoms with E-state index >= 15 is 4.79 Å². The van der Waals surface area contributed by atoms with Crippen molar-refractivity contribution in [3.63, 3.8) is 0 Å². The van der Waals surface area contributed by atoms with Gasteiger partial charge in [-0.15, -0.1) is 11.6 Å². The second-order valence-electron chi connectivity index (χ2n) is 30.4. The van der Waals surface area contributed by atoms with Gasteiger partial charge in [-0.05, 0) is 134 Å². The molecule has 0 aromatic carbocycles. The van der Waals surface area contributed by atoms with Gasteiger partial charge in [-0.3, -0.25) is 57.5 Å². The summed E-state index contributed by atoms with van der Waals surface area (Å²) in [4.78, 5) is 188. The number of carbonyl (C=O) groups is 12. The normalized spacial score (nSPS) is 29.7. The van der Waals surface area contributed by atoms with Gasteiger partial charge >= 0.3 is 6.18 Å². The number of hydrogen-bond acceptors (Lipinski definition) is 12. The zero-order valence-corrected chi connectivity index (χ0v) is 62.7. The van der Waals surface area contributed by atoms with Crippen LogP contribution in [-0.4, -0.2) is 250 Å². The number of likely N-dealkylation sites (tertiary alicyclic amines) is 1. The van der Waals surface area contributed by atoms with Gasteiger partial charge in [0.25, 0.3) is 0 Å². The summed E-state index contributed by atoms with van der Waals surface area (Å²) >= 11 is 6.37. The van der Waals surface area contributed by atoms with Crippen LogP contribution in [0, 0.1) is 35.5 Å². The number of amides is 12. The van der Waals surface area contributed by atoms with E-state index in [4.69, 9.17) is 11.6 Å². The molecule has 3 heterocycles. The van der Waals surface area contributed by atoms with Crippen molar-refractivity contribution in [2.24, 2.45) is 35.5 Å². The van der Waals surface area contributed by atoms with Crippen molar-refractivity contribution in [3.05, 3.63) is 0 Å². The van der Waals surface area contributed by atoms with Crippen LogP contribution in [0.25, 0.3) is 0 Å². The fraction of sp³-hybridized carbons (Fsp3) is 0.831. The van der Waals surface area contributed by atoms with E-state index in [-0.39, 0.29) is 94.4 Å². The van der Waals surface area contributed by atoms with E-state index in [9.17, 15) is 65.9 Å². The Labute approximate surface area is 590 Å². The lowest BCUT2D eigenvalue weighted by molar-refractivity contribution is -0.182. The first-order valence-electron chi connectivity index (χ1n) is 36.4. The zero-order chi connectivity index (χ0) is 74.3. The van der Waals surface area contributed by atoms with Gasteiger partial charge in [-0.25, -0.2) is 0 Å². The third-order valence-electron chi connectivity index (χ3n) is 21.8. The van der Waals surface area contributed by atoms with Crippen molar-refractivity contribution in [2.75, 3.05) is 68.5 Å². The Hall–Kier alpha value is -6.28. The first-order chi connectivity index (χ1) is 46.3. The summed E-state index contributed by atoms with van der Waals surface area (Å²) in [6.07, 6.45) is 2.50. The molecular formula is C71H118ClF3N12O12. The van der Waals surface area contributed by atoms with Crippen LogP contribution in [0.3, 0.4) is 0 Å². The number of carbonyl (C=O) groups excluding carboxylic acids is 12. The van der Waals surface area contributed by atoms with E-state index in [1.807, 2.05) is 41.5 Å². The molecule has 0 aromatic heterocycles. The van der Waals surface area contributed by atoms with Gasteiger partial charge in [0.1, 0.15) is 59.9 Å². The third-order valence-corrected chi connectivity index (χ3v) is 22.3. The van der Waals surface area contributed by atoms with Gasteiger partial charge in [-0.1, -0.05) is 93.4 Å². The topological polar surface area (TPSA) is 279 Å². The third kappa shape index (κ3) is 21.9. The van der Waals surface area contributed by atoms with Crippen molar-refractivity contribution in [1.82, 2.24) is 60.5 Å². The minimum absolute atomic E-state index is 0.0188. The summed E-state index contributed by atoms with van der Waals surface area (Å²) in [5.41, 5.74) is -1.75. The Morgan fingerprint density at radius 2 is 1.23 bits per heavy atom. The van der Waals surface area contributed by atoms with Crippen molar-refractivity contribution in [3.8, 4) is 0 Å². The van der Waals surface area contributed by atoms with E-state index in [1.54, 1.807) is 11.8 Å². The second-order valence-corrected chi connectivity index (χ2v) is 31.0. The summed E-state index contributed by atoms with van der Waals surface area (Å²) < 4.78 is 41.9. The average Bonchev–Trinajstić information content (AvgIpc) is 1.29. The summed E-state index contributed by atoms with van der Waals surface area (Å²) in [6.45, 7) is 17.6. The van der Waals surface area contributed by atoms with Gasteiger partial charge < -0.3 is 60.5 Å². The Bertz CT molecular complexity index is 2840. The molecule has 3 unspecified atom stereocenters. The summed E-state index contributed by atoms with van der Waals surface area (Å²) in [6, 6.07) is -11.2. The molecule has 0 radical (unpaired) electrons. The molecule has 5 aliphatic rings. The Balaban J connectivity index is 1.61. The van der Waals surface area contributed by atoms with Crippen LogP contribution >= 0.6 is 11.6 Å². The molecule has 0 bridgehead atoms. The lowest BCUT2D eigenvalue weighted by Gasteiger charge is -2.45. The van der Waals surface area contributed by atoms with Crippen molar-refractivity contribution >= 4 is 82.5 Å². The quantitative estimate of drug-likeness (QED) is 0.133. The Morgan fingerprint density at radius 3 is 1.79 bits per heavy atom. The smallest absolute Gasteiger partial charge is 0.343 e. The summed E-state index contributed by atoms with van der Waals surface area (Å²) in [5.74, 6) is -11.0. The second kappa shape index (κ2) is 37.1. The molecule has 4 N–H and O–H groups in total. The summed E-state index contributed by atoms with van der Waals surface area (Å²) in [5, 5.41) is 10.1. The maximum atomic E-state index is 15.2. The number of unbranched alkanes of at least 4 members (excludes halogenated alkanes) is 1. The highest BCUT2D eigenvalue weighted by molar-refractivity contribution is 6.21. The van der Waals surface area contributed by atoms with Crippen LogP contribution in [0.15, 0.2) is 0 Å². The van der Waals surface area contributed by atoms with Gasteiger partial charge in [-0.2, -0.15) is 13.2 Å². The number of hydrogen-bond donors (Lipinski definition) is 4. The van der Waals surface area contributed by atoms with Gasteiger partial charge in [0.2, 0.25) is 70.9 Å². The highest BCUT2D eigenvalue weighted by Gasteiger charge is 2.49. The van der Waals surface area contributed by atoms with E-state index in [1.165, 1.54) is 82.7 Å². The van der Waals surface area contributed by atoms with Gasteiger partial charge in [0, 0.05) is 67.3 Å². The van der Waals surface area contributed by atoms with Gasteiger partial charge in [0.15, 0.2) is 0 Å². The van der Waals surface area contributed by atoms with Crippen molar-refractivity contribution < 1.29 is 70.7 Å². The first-order valence-corrected chi connectivity index (χ1v) is 36.8. The molecule has 2 aliphatic carbocycles. The molecule has 0 spiro atoms. The number of halogens is 4. The highest BCUT2D eigenvalue weighted by Crippen LogP contribution is 2.44. The number of alkyl halides is 4. The van der Waals surface area contributed by atoms with Gasteiger partial charge in [0.05, 0.1) is 18.9 Å². The van der Waals surface area contributed by atoms with Crippen LogP contribution in [-0.2, 0) is 57.5 Å². The van der Waals surface area contributed by atoms with E-state index in [2.05, 4.69) is 21.3 Å². The van der Waals surface area contributed by atoms with Crippen LogP contribution in [0.1, 0.15) is 204 Å². The number of rotatable bonds is 15. The molecule has 12 amide bonds. The molecular weight excluding hydrogens is 1310 g/mol. The monoisotopic (exact) mass is 1420 g/mol. The molecule has 5 rings (SSSR count). The zero-order valence-electron chi connectivity index (χ0n) is 61.9. The fourth-order valence-corrected chi connectivity index (χ4v) is 15.0. The molecule has 2 saturated carbocycles. The Morgan fingerprint density at radius 1 is 0.606 bits per heavy atom. The lowest BCUT2D eigenvalue weighted by atomic mass is 9.78. The van der Waals surface area contributed by atoms with Crippen LogP contribution in [0.5, 0.6) is 0 Å². The van der Waals surface area contributed by atoms with E-state index in [0.717, 1.165) is 46.8 Å². The molecule has 24 nitrogen and oxygen atoms in total. The molecule has 28 heteroatoms. The predicted molar refractivity (Wildman–Crippen MR) is 370 cm³/mol. The molecule has 562 valence electrons. The molecule has 99 heavy (non-hydrogen) atoms. The number of likely N-dealkylation sites (N-methyl/N-ethyl adjacent to an activating group) is 6. The van der Waals surface area contributed by atoms with E-state index in [0.29, 0.717) is 45.2 Å². The standard InChI is InChI=1S/C71H118ClF3N12O12/c1-17-19-27-51-64(94)85(16)70(9,10)69(99)78-52(36-42(3)4)63(93)83(14)56(67(97)86-33-23-20-24-34-86)40-58(89)82(13)54(37-43(5)6)61(91)79-59(44(7)18-2)68(98)81(12)45(8)62(92)87-35-32-53(87)66(96)84(15)55(39-46-25-21-22-26-46)65(95)80(11)41-57(88)76-50(60(90)77-51)31-29-47-28-30-48(49(72)38-47)71(73,74)75/h42-56,59H,17-41H2,1-16H3,(H,76,88)(H,77,90)(H,78,99)(H,79,91)/t44-,45-,47?,48?,49?,50-,51-,52-,53-,54-,55-,56-,59-/m0/s1. The van der Waals surface area contributed by atoms with Crippen LogP contribution in [0.2, 0.25) is 0 Å². The first kappa shape index (κ1) is 83.4. The van der Waals surface area contributed by atoms with Crippen LogP contribution in [0.4, 0.5) is 13.2 Å². The SMILES string of the molecule is CCCC[C@@H]1NC(=O)[C@H](CCC2CCC(C(F)(F)F)C(Cl)C2)NC(=O)CN(C)C(=O)[C@H](CC2CCCC2)N(C)C(=O)[C@@H]2CCN2C(=O)[C@H](C)N(C)C(=O)[C@H]([C@@H](C)CC)NC(=O)[C@H](CC(C)C)N(C)C(=O)C[C@@H](C(=O)N2CCCCC2)N(C)C(=O)[C@H](CC(C)C)NC(=O)C(C)(C)N(C)C1=O. The van der Waals surface area contributed by atoms with Crippen molar-refractivity contribution in [2.45, 2.75) is 276 Å². The van der Waals surface area contributed by atoms with E-state index < -0.39 is 167 Å². The molecule has 13 atom stereocenters. The van der Waals surface area contributed by atoms with Crippen LogP contribution < -0.4 is 21.3 Å². The molecule has 3 aliphatic heterocycles. The number of fused-ring (bicyclic) bond motifs is 1. The fourth-order valence-electron chi connectivity index (χ4n) is 14.4. The lowest BCUT2D eigenvalue weighted by Crippen LogP contribution is -2.65. The summed E-state index contributed by atoms with van der Waals surface area (Å²) in [7, 11) is 8.48. The van der Waals surface area contributed by atoms with Crippen molar-refractivity contribution in [1.29, 1.82) is 0 Å². The number of nitrogens with zero attached hydrogens (tertiary/aromatic N) is 8. The minimum atomic E-state index is -4.52. The molecule has 3 saturated heterocycles. The average molecular weight is 1420 g/mol. The maximum Gasteiger partial charge on any atom is 0.393 e. The maximum absolute atomic E-state index is 15.2. The molecule has 0 aromatic rings. The minimum Gasteiger partial charge on any atom is -0.343 e. The largest absolute Gasteiger partial charge is 0.393 e. The predicted octanol–water partition coefficient (Wildman–Crippen LogP) is 6.24. The number of nitrogens with one attached hydrogen (secondary N) is 4. The highest BCUT2D eigenvalue weighted by atomic mass is 35.5. The molecule has 5 fully saturated rings. The Kier molecular flexibility index (Phi) is 31.2.